The molecule has 1 unspecified atom stereocenters. The molecule has 0 saturated heterocycles. The molecule has 1 aromatic rings. The zero-order valence-corrected chi connectivity index (χ0v) is 13.0. The highest BCUT2D eigenvalue weighted by atomic mass is 16.1. The average Bonchev–Trinajstić information content (AvgIpc) is 2.49. The van der Waals surface area contributed by atoms with Gasteiger partial charge in [0.15, 0.2) is 0 Å². The predicted octanol–water partition coefficient (Wildman–Crippen LogP) is 4.14. The largest absolute Gasteiger partial charge is 0.354 e. The van der Waals surface area contributed by atoms with Gasteiger partial charge in [0.2, 0.25) is 5.91 Å². The number of benzene rings is 1. The number of hydrogen-bond acceptors (Lipinski definition) is 1. The quantitative estimate of drug-likeness (QED) is 0.781. The van der Waals surface area contributed by atoms with Gasteiger partial charge in [0.05, 0.1) is 0 Å². The van der Waals surface area contributed by atoms with Crippen molar-refractivity contribution in [1.82, 2.24) is 5.32 Å². The van der Waals surface area contributed by atoms with Gasteiger partial charge in [-0.05, 0) is 31.7 Å². The molecular weight excluding hydrogens is 258 g/mol. The van der Waals surface area contributed by atoms with Crippen molar-refractivity contribution in [3.8, 4) is 0 Å². The number of nitrogens with one attached hydrogen (secondary N) is 1. The molecule has 0 aliphatic heterocycles. The normalized spacial score (nSPS) is 17.4. The van der Waals surface area contributed by atoms with Crippen LogP contribution in [0.15, 0.2) is 54.6 Å². The maximum absolute atomic E-state index is 11.8. The van der Waals surface area contributed by atoms with Gasteiger partial charge in [-0.1, -0.05) is 61.6 Å². The summed E-state index contributed by atoms with van der Waals surface area (Å²) in [5.41, 5.74) is 1.19. The van der Waals surface area contributed by atoms with E-state index < -0.39 is 0 Å². The van der Waals surface area contributed by atoms with Crippen molar-refractivity contribution >= 4 is 5.91 Å². The Morgan fingerprint density at radius 1 is 1.24 bits per heavy atom. The maximum Gasteiger partial charge on any atom is 0.220 e. The third kappa shape index (κ3) is 4.07. The van der Waals surface area contributed by atoms with Gasteiger partial charge in [-0.3, -0.25) is 4.79 Å². The van der Waals surface area contributed by atoms with Gasteiger partial charge in [-0.25, -0.2) is 0 Å². The third-order valence-electron chi connectivity index (χ3n) is 3.94. The van der Waals surface area contributed by atoms with Crippen molar-refractivity contribution in [2.45, 2.75) is 51.0 Å². The van der Waals surface area contributed by atoms with Crippen LogP contribution in [0.3, 0.4) is 0 Å². The van der Waals surface area contributed by atoms with Crippen molar-refractivity contribution in [2.75, 3.05) is 0 Å². The van der Waals surface area contributed by atoms with Gasteiger partial charge < -0.3 is 5.32 Å². The fraction of sp³-hybridized carbons (Fsp3) is 0.421. The SMILES string of the molecule is CCCC(=O)NC(C)CC1(c2ccccc2)C=CCC=C1. The van der Waals surface area contributed by atoms with Crippen LogP contribution in [0.2, 0.25) is 0 Å². The van der Waals surface area contributed by atoms with E-state index in [2.05, 4.69) is 60.8 Å². The van der Waals surface area contributed by atoms with Gasteiger partial charge in [-0.15, -0.1) is 0 Å². The summed E-state index contributed by atoms with van der Waals surface area (Å²) in [4.78, 5) is 11.8. The van der Waals surface area contributed by atoms with Crippen LogP contribution in [0.25, 0.3) is 0 Å². The first-order chi connectivity index (χ1) is 10.2. The lowest BCUT2D eigenvalue weighted by atomic mass is 9.73. The molecule has 2 heteroatoms. The molecule has 1 aliphatic carbocycles. The molecule has 1 atom stereocenters. The van der Waals surface area contributed by atoms with E-state index in [1.807, 2.05) is 13.0 Å². The molecule has 0 radical (unpaired) electrons. The van der Waals surface area contributed by atoms with Crippen LogP contribution in [-0.4, -0.2) is 11.9 Å². The van der Waals surface area contributed by atoms with Crippen LogP contribution in [0.5, 0.6) is 0 Å². The lowest BCUT2D eigenvalue weighted by molar-refractivity contribution is -0.121. The highest BCUT2D eigenvalue weighted by Gasteiger charge is 2.29. The summed E-state index contributed by atoms with van der Waals surface area (Å²) in [6.07, 6.45) is 12.4. The fourth-order valence-electron chi connectivity index (χ4n) is 3.02. The van der Waals surface area contributed by atoms with Gasteiger partial charge in [0, 0.05) is 17.9 Å². The minimum Gasteiger partial charge on any atom is -0.354 e. The number of allylic oxidation sites excluding steroid dienone is 4. The van der Waals surface area contributed by atoms with Crippen molar-refractivity contribution in [3.05, 3.63) is 60.2 Å². The summed E-state index contributed by atoms with van der Waals surface area (Å²) in [5.74, 6) is 0.150. The Bertz CT molecular complexity index is 504. The molecule has 0 bridgehead atoms. The van der Waals surface area contributed by atoms with Gasteiger partial charge in [0.25, 0.3) is 0 Å². The van der Waals surface area contributed by atoms with Crippen LogP contribution in [0.1, 0.15) is 45.1 Å². The first-order valence-corrected chi connectivity index (χ1v) is 7.86. The second kappa shape index (κ2) is 7.26. The molecule has 0 heterocycles. The number of rotatable bonds is 6. The molecule has 0 saturated carbocycles. The molecule has 21 heavy (non-hydrogen) atoms. The number of hydrogen-bond donors (Lipinski definition) is 1. The number of amides is 1. The fourth-order valence-corrected chi connectivity index (χ4v) is 3.02. The zero-order valence-electron chi connectivity index (χ0n) is 13.0. The zero-order chi connectivity index (χ0) is 15.1. The van der Waals surface area contributed by atoms with Crippen LogP contribution in [0, 0.1) is 0 Å². The van der Waals surface area contributed by atoms with E-state index in [4.69, 9.17) is 0 Å². The standard InChI is InChI=1S/C19H25NO/c1-3-10-18(21)20-16(2)15-19(13-8-5-9-14-19)17-11-6-4-7-12-17/h4,6-9,11-14,16H,3,5,10,15H2,1-2H3,(H,20,21). The Kier molecular flexibility index (Phi) is 5.38. The Morgan fingerprint density at radius 2 is 1.90 bits per heavy atom. The third-order valence-corrected chi connectivity index (χ3v) is 3.94. The second-order valence-electron chi connectivity index (χ2n) is 5.87. The van der Waals surface area contributed by atoms with Gasteiger partial charge >= 0.3 is 0 Å². The smallest absolute Gasteiger partial charge is 0.220 e. The molecule has 1 N–H and O–H groups in total. The monoisotopic (exact) mass is 283 g/mol. The van der Waals surface area contributed by atoms with Crippen LogP contribution >= 0.6 is 0 Å². The molecule has 1 aromatic carbocycles. The Morgan fingerprint density at radius 3 is 2.52 bits per heavy atom. The number of carbonyl (C=O) groups is 1. The topological polar surface area (TPSA) is 29.1 Å². The summed E-state index contributed by atoms with van der Waals surface area (Å²) < 4.78 is 0. The van der Waals surface area contributed by atoms with Crippen molar-refractivity contribution in [2.24, 2.45) is 0 Å². The molecule has 0 spiro atoms. The van der Waals surface area contributed by atoms with Gasteiger partial charge in [0.1, 0.15) is 0 Å². The van der Waals surface area contributed by atoms with E-state index in [9.17, 15) is 4.79 Å². The Balaban J connectivity index is 2.15. The molecule has 1 aliphatic rings. The summed E-state index contributed by atoms with van der Waals surface area (Å²) in [5, 5.41) is 3.12. The van der Waals surface area contributed by atoms with E-state index in [-0.39, 0.29) is 17.4 Å². The Labute approximate surface area is 128 Å². The van der Waals surface area contributed by atoms with E-state index >= 15 is 0 Å². The summed E-state index contributed by atoms with van der Waals surface area (Å²) in [6, 6.07) is 10.7. The first kappa shape index (κ1) is 15.6. The summed E-state index contributed by atoms with van der Waals surface area (Å²) in [6.45, 7) is 4.12. The minimum atomic E-state index is -0.0988. The molecule has 2 rings (SSSR count). The van der Waals surface area contributed by atoms with Crippen LogP contribution in [0.4, 0.5) is 0 Å². The van der Waals surface area contributed by atoms with E-state index in [0.29, 0.717) is 6.42 Å². The average molecular weight is 283 g/mol. The molecule has 0 fully saturated rings. The van der Waals surface area contributed by atoms with Gasteiger partial charge in [-0.2, -0.15) is 0 Å². The molecular formula is C19H25NO. The molecule has 1 amide bonds. The van der Waals surface area contributed by atoms with E-state index in [1.54, 1.807) is 0 Å². The van der Waals surface area contributed by atoms with E-state index in [0.717, 1.165) is 19.3 Å². The first-order valence-electron chi connectivity index (χ1n) is 7.86. The highest BCUT2D eigenvalue weighted by molar-refractivity contribution is 5.76. The molecule has 2 nitrogen and oxygen atoms in total. The minimum absolute atomic E-state index is 0.0988. The van der Waals surface area contributed by atoms with Crippen molar-refractivity contribution in [3.63, 3.8) is 0 Å². The molecule has 0 aromatic heterocycles. The predicted molar refractivity (Wildman–Crippen MR) is 88.1 cm³/mol. The van der Waals surface area contributed by atoms with Crippen molar-refractivity contribution < 1.29 is 4.79 Å². The lowest BCUT2D eigenvalue weighted by Crippen LogP contribution is -2.38. The van der Waals surface area contributed by atoms with Crippen molar-refractivity contribution in [1.29, 1.82) is 0 Å². The molecule has 112 valence electrons. The summed E-state index contributed by atoms with van der Waals surface area (Å²) in [7, 11) is 0. The number of carbonyl (C=O) groups excluding carboxylic acids is 1. The summed E-state index contributed by atoms with van der Waals surface area (Å²) >= 11 is 0. The van der Waals surface area contributed by atoms with Crippen LogP contribution in [-0.2, 0) is 10.2 Å². The second-order valence-corrected chi connectivity index (χ2v) is 5.87. The highest BCUT2D eigenvalue weighted by Crippen LogP contribution is 2.35. The lowest BCUT2D eigenvalue weighted by Gasteiger charge is -2.33. The van der Waals surface area contributed by atoms with Crippen LogP contribution < -0.4 is 5.32 Å². The Hall–Kier alpha value is -1.83. The van der Waals surface area contributed by atoms with E-state index in [1.165, 1.54) is 5.56 Å². The maximum atomic E-state index is 11.8.